The summed E-state index contributed by atoms with van der Waals surface area (Å²) < 4.78 is 7.38. The van der Waals surface area contributed by atoms with Crippen molar-refractivity contribution in [1.29, 1.82) is 0 Å². The lowest BCUT2D eigenvalue weighted by atomic mass is 10.0. The minimum absolute atomic E-state index is 0.0587. The average molecular weight is 304 g/mol. The molecule has 0 amide bonds. The standard InChI is InChI=1S/C11H18BrN3O2/c1-8(6-13)5-10(16)11-9(12)7-14-15(11)3-4-17-2/h7-8H,3-6,13H2,1-2H3. The van der Waals surface area contributed by atoms with E-state index in [0.717, 1.165) is 4.47 Å². The molecule has 1 heterocycles. The molecule has 0 radical (unpaired) electrons. The van der Waals surface area contributed by atoms with Crippen LogP contribution in [0, 0.1) is 5.92 Å². The second-order valence-electron chi connectivity index (χ2n) is 4.03. The summed E-state index contributed by atoms with van der Waals surface area (Å²) in [6.45, 7) is 3.57. The second-order valence-corrected chi connectivity index (χ2v) is 4.88. The lowest BCUT2D eigenvalue weighted by Gasteiger charge is -2.09. The molecule has 0 saturated heterocycles. The van der Waals surface area contributed by atoms with Gasteiger partial charge in [0.1, 0.15) is 5.69 Å². The molecule has 0 aliphatic carbocycles. The Morgan fingerprint density at radius 3 is 3.00 bits per heavy atom. The summed E-state index contributed by atoms with van der Waals surface area (Å²) in [5.41, 5.74) is 6.12. The minimum atomic E-state index is 0.0587. The van der Waals surface area contributed by atoms with Crippen LogP contribution >= 0.6 is 15.9 Å². The molecule has 0 spiro atoms. The topological polar surface area (TPSA) is 70.1 Å². The third-order valence-corrected chi connectivity index (χ3v) is 3.08. The van der Waals surface area contributed by atoms with E-state index in [-0.39, 0.29) is 11.7 Å². The van der Waals surface area contributed by atoms with Crippen LogP contribution in [0.25, 0.3) is 0 Å². The maximum Gasteiger partial charge on any atom is 0.182 e. The van der Waals surface area contributed by atoms with Crippen molar-refractivity contribution >= 4 is 21.7 Å². The van der Waals surface area contributed by atoms with Crippen LogP contribution in [-0.2, 0) is 11.3 Å². The van der Waals surface area contributed by atoms with E-state index in [0.29, 0.717) is 31.8 Å². The molecule has 1 atom stereocenters. The Hall–Kier alpha value is -0.720. The van der Waals surface area contributed by atoms with Crippen LogP contribution < -0.4 is 5.73 Å². The molecule has 96 valence electrons. The molecule has 0 aliphatic rings. The van der Waals surface area contributed by atoms with Crippen LogP contribution in [-0.4, -0.2) is 35.8 Å². The van der Waals surface area contributed by atoms with Crippen molar-refractivity contribution in [3.8, 4) is 0 Å². The number of Topliss-reactive ketones (excluding diaryl/α,β-unsaturated/α-hetero) is 1. The SMILES string of the molecule is COCCn1ncc(Br)c1C(=O)CC(C)CN. The number of methoxy groups -OCH3 is 1. The summed E-state index contributed by atoms with van der Waals surface area (Å²) >= 11 is 3.35. The van der Waals surface area contributed by atoms with Crippen LogP contribution in [0.5, 0.6) is 0 Å². The van der Waals surface area contributed by atoms with Crippen molar-refractivity contribution < 1.29 is 9.53 Å². The summed E-state index contributed by atoms with van der Waals surface area (Å²) in [5, 5.41) is 4.15. The van der Waals surface area contributed by atoms with Crippen LogP contribution in [0.2, 0.25) is 0 Å². The number of ketones is 1. The molecule has 1 aromatic heterocycles. The van der Waals surface area contributed by atoms with Crippen molar-refractivity contribution in [2.24, 2.45) is 11.7 Å². The monoisotopic (exact) mass is 303 g/mol. The lowest BCUT2D eigenvalue weighted by molar-refractivity contribution is 0.0951. The van der Waals surface area contributed by atoms with Crippen LogP contribution in [0.15, 0.2) is 10.7 Å². The highest BCUT2D eigenvalue weighted by molar-refractivity contribution is 9.10. The zero-order valence-corrected chi connectivity index (χ0v) is 11.7. The fourth-order valence-electron chi connectivity index (χ4n) is 1.48. The average Bonchev–Trinajstić information content (AvgIpc) is 2.67. The number of ether oxygens (including phenoxy) is 1. The Labute approximate surface area is 109 Å². The highest BCUT2D eigenvalue weighted by Crippen LogP contribution is 2.19. The summed E-state index contributed by atoms with van der Waals surface area (Å²) in [6.07, 6.45) is 2.07. The summed E-state index contributed by atoms with van der Waals surface area (Å²) in [7, 11) is 1.62. The number of hydrogen-bond acceptors (Lipinski definition) is 4. The summed E-state index contributed by atoms with van der Waals surface area (Å²) in [4.78, 5) is 12.1. The maximum atomic E-state index is 12.1. The molecular formula is C11H18BrN3O2. The number of rotatable bonds is 7. The van der Waals surface area contributed by atoms with Gasteiger partial charge in [-0.2, -0.15) is 5.10 Å². The molecule has 0 aromatic carbocycles. The molecular weight excluding hydrogens is 286 g/mol. The van der Waals surface area contributed by atoms with E-state index in [1.165, 1.54) is 0 Å². The van der Waals surface area contributed by atoms with Crippen LogP contribution in [0.4, 0.5) is 0 Å². The Bertz CT molecular complexity index is 379. The normalized spacial score (nSPS) is 12.7. The van der Waals surface area contributed by atoms with Gasteiger partial charge in [-0.05, 0) is 28.4 Å². The van der Waals surface area contributed by atoms with Gasteiger partial charge in [0, 0.05) is 13.5 Å². The third-order valence-electron chi connectivity index (χ3n) is 2.50. The molecule has 5 nitrogen and oxygen atoms in total. The molecule has 1 rings (SSSR count). The predicted molar refractivity (Wildman–Crippen MR) is 69.0 cm³/mol. The smallest absolute Gasteiger partial charge is 0.182 e. The molecule has 17 heavy (non-hydrogen) atoms. The van der Waals surface area contributed by atoms with Gasteiger partial charge in [-0.3, -0.25) is 9.48 Å². The number of nitrogens with zero attached hydrogens (tertiary/aromatic N) is 2. The first-order valence-corrected chi connectivity index (χ1v) is 6.33. The first-order valence-electron chi connectivity index (χ1n) is 5.53. The van der Waals surface area contributed by atoms with Crippen LogP contribution in [0.1, 0.15) is 23.8 Å². The van der Waals surface area contributed by atoms with Gasteiger partial charge in [0.2, 0.25) is 0 Å². The number of aromatic nitrogens is 2. The van der Waals surface area contributed by atoms with Crippen molar-refractivity contribution in [2.45, 2.75) is 19.9 Å². The first kappa shape index (κ1) is 14.3. The van der Waals surface area contributed by atoms with E-state index in [1.54, 1.807) is 18.0 Å². The number of nitrogens with two attached hydrogens (primary N) is 1. The Kier molecular flexibility index (Phi) is 5.80. The third kappa shape index (κ3) is 3.90. The molecule has 1 aromatic rings. The highest BCUT2D eigenvalue weighted by atomic mass is 79.9. The lowest BCUT2D eigenvalue weighted by Crippen LogP contribution is -2.19. The minimum Gasteiger partial charge on any atom is -0.383 e. The van der Waals surface area contributed by atoms with E-state index in [1.807, 2.05) is 6.92 Å². The van der Waals surface area contributed by atoms with Gasteiger partial charge in [-0.1, -0.05) is 6.92 Å². The van der Waals surface area contributed by atoms with E-state index in [9.17, 15) is 4.79 Å². The van der Waals surface area contributed by atoms with Gasteiger partial charge in [-0.15, -0.1) is 0 Å². The van der Waals surface area contributed by atoms with Gasteiger partial charge in [0.15, 0.2) is 5.78 Å². The van der Waals surface area contributed by atoms with Gasteiger partial charge in [0.25, 0.3) is 0 Å². The maximum absolute atomic E-state index is 12.1. The fraction of sp³-hybridized carbons (Fsp3) is 0.636. The van der Waals surface area contributed by atoms with Crippen molar-refractivity contribution in [3.63, 3.8) is 0 Å². The van der Waals surface area contributed by atoms with Gasteiger partial charge >= 0.3 is 0 Å². The van der Waals surface area contributed by atoms with Crippen molar-refractivity contribution in [1.82, 2.24) is 9.78 Å². The van der Waals surface area contributed by atoms with Crippen molar-refractivity contribution in [3.05, 3.63) is 16.4 Å². The van der Waals surface area contributed by atoms with Crippen molar-refractivity contribution in [2.75, 3.05) is 20.3 Å². The molecule has 0 saturated carbocycles. The Morgan fingerprint density at radius 1 is 1.71 bits per heavy atom. The van der Waals surface area contributed by atoms with Crippen LogP contribution in [0.3, 0.4) is 0 Å². The Balaban J connectivity index is 2.80. The fourth-order valence-corrected chi connectivity index (χ4v) is 2.00. The second kappa shape index (κ2) is 6.88. The molecule has 0 fully saturated rings. The molecule has 1 unspecified atom stereocenters. The number of hydrogen-bond donors (Lipinski definition) is 1. The largest absolute Gasteiger partial charge is 0.383 e. The van der Waals surface area contributed by atoms with Gasteiger partial charge in [0.05, 0.1) is 23.8 Å². The number of halogens is 1. The summed E-state index contributed by atoms with van der Waals surface area (Å²) in [5.74, 6) is 0.239. The van der Waals surface area contributed by atoms with Gasteiger partial charge < -0.3 is 10.5 Å². The summed E-state index contributed by atoms with van der Waals surface area (Å²) in [6, 6.07) is 0. The zero-order chi connectivity index (χ0) is 12.8. The van der Waals surface area contributed by atoms with E-state index in [4.69, 9.17) is 10.5 Å². The zero-order valence-electron chi connectivity index (χ0n) is 10.1. The van der Waals surface area contributed by atoms with E-state index < -0.39 is 0 Å². The Morgan fingerprint density at radius 2 is 2.41 bits per heavy atom. The van der Waals surface area contributed by atoms with E-state index >= 15 is 0 Å². The van der Waals surface area contributed by atoms with Gasteiger partial charge in [-0.25, -0.2) is 0 Å². The molecule has 0 bridgehead atoms. The predicted octanol–water partition coefficient (Wildman–Crippen LogP) is 1.46. The number of carbonyl (C=O) groups is 1. The molecule has 2 N–H and O–H groups in total. The van der Waals surface area contributed by atoms with E-state index in [2.05, 4.69) is 21.0 Å². The number of carbonyl (C=O) groups excluding carboxylic acids is 1. The quantitative estimate of drug-likeness (QED) is 0.774. The molecule has 6 heteroatoms. The molecule has 0 aliphatic heterocycles. The highest BCUT2D eigenvalue weighted by Gasteiger charge is 2.18. The first-order chi connectivity index (χ1) is 8.10.